The van der Waals surface area contributed by atoms with E-state index in [1.807, 2.05) is 66.4 Å². The van der Waals surface area contributed by atoms with Gasteiger partial charge in [-0.1, -0.05) is 67.8 Å². The molecule has 0 saturated heterocycles. The summed E-state index contributed by atoms with van der Waals surface area (Å²) in [4.78, 5) is 4.32. The van der Waals surface area contributed by atoms with Crippen LogP contribution in [-0.2, 0) is 20.1 Å². The summed E-state index contributed by atoms with van der Waals surface area (Å²) in [5, 5.41) is 2.58. The second kappa shape index (κ2) is 10.7. The predicted molar refractivity (Wildman–Crippen MR) is 150 cm³/mol. The maximum absolute atomic E-state index is 4.32. The van der Waals surface area contributed by atoms with E-state index in [0.29, 0.717) is 0 Å². The normalized spacial score (nSPS) is 11.7. The number of aryl methyl sites for hydroxylation is 1. The second-order valence-electron chi connectivity index (χ2n) is 8.67. The SMILES string of the molecule is C[N+]1=C=[N+](c2[c-]cc3c(c2)sc2ccccc23)c2ccccc21.Cc1ccc(-c2[c-]cccc2)nc1.[Ir]. The summed E-state index contributed by atoms with van der Waals surface area (Å²) in [5.74, 6) is 0. The van der Waals surface area contributed by atoms with Crippen LogP contribution < -0.4 is 4.58 Å². The largest absolute Gasteiger partial charge is 0.494 e. The first-order valence-electron chi connectivity index (χ1n) is 11.8. The molecule has 0 aliphatic carbocycles. The number of aromatic nitrogens is 1. The quantitative estimate of drug-likeness (QED) is 0.135. The van der Waals surface area contributed by atoms with Crippen molar-refractivity contribution in [1.82, 2.24) is 9.56 Å². The van der Waals surface area contributed by atoms with E-state index in [0.717, 1.165) is 28.3 Å². The van der Waals surface area contributed by atoms with Crippen molar-refractivity contribution >= 4 is 54.6 Å². The van der Waals surface area contributed by atoms with Crippen LogP contribution in [0, 0.1) is 19.1 Å². The van der Waals surface area contributed by atoms with Gasteiger partial charge in [0.2, 0.25) is 0 Å². The minimum absolute atomic E-state index is 0. The number of thiophene rings is 1. The van der Waals surface area contributed by atoms with E-state index in [9.17, 15) is 0 Å². The molecular formula is C32H23IrN3S. The van der Waals surface area contributed by atoms with E-state index in [4.69, 9.17) is 0 Å². The van der Waals surface area contributed by atoms with Crippen LogP contribution in [0.25, 0.3) is 31.4 Å². The first-order chi connectivity index (χ1) is 17.7. The average molecular weight is 674 g/mol. The van der Waals surface area contributed by atoms with Gasteiger partial charge in [-0.3, -0.25) is 0 Å². The molecule has 1 aliphatic rings. The van der Waals surface area contributed by atoms with Crippen LogP contribution in [0.1, 0.15) is 5.56 Å². The van der Waals surface area contributed by atoms with Gasteiger partial charge in [0.25, 0.3) is 11.4 Å². The van der Waals surface area contributed by atoms with Crippen molar-refractivity contribution in [2.45, 2.75) is 6.92 Å². The summed E-state index contributed by atoms with van der Waals surface area (Å²) >= 11 is 1.83. The van der Waals surface area contributed by atoms with E-state index in [-0.39, 0.29) is 20.1 Å². The summed E-state index contributed by atoms with van der Waals surface area (Å²) in [5.41, 5.74) is 6.54. The molecule has 0 N–H and O–H groups in total. The number of para-hydroxylation sites is 2. The van der Waals surface area contributed by atoms with Gasteiger partial charge in [-0.05, 0) is 24.2 Å². The fourth-order valence-corrected chi connectivity index (χ4v) is 5.46. The molecule has 0 saturated carbocycles. The maximum Gasteiger partial charge on any atom is 0.494 e. The molecule has 37 heavy (non-hydrogen) atoms. The van der Waals surface area contributed by atoms with Crippen molar-refractivity contribution in [3.05, 3.63) is 121 Å². The van der Waals surface area contributed by atoms with E-state index in [2.05, 4.69) is 94.4 Å². The standard InChI is InChI=1S/C20H13N2S.C12H10N.Ir/c1-21-13-22(18-8-4-3-7-17(18)21)14-10-11-16-15-6-2-5-9-19(15)23-20(16)12-14;1-10-7-8-12(13-9-10)11-5-3-2-4-6-11;/h2-9,11-12H,1H3;2-5,7-9H,1H3;/q+1;-1;. The van der Waals surface area contributed by atoms with Crippen LogP contribution in [0.5, 0.6) is 0 Å². The Morgan fingerprint density at radius 2 is 1.59 bits per heavy atom. The van der Waals surface area contributed by atoms with Gasteiger partial charge in [0.05, 0.1) is 0 Å². The van der Waals surface area contributed by atoms with Gasteiger partial charge < -0.3 is 4.98 Å². The number of nitrogens with zero attached hydrogens (tertiary/aromatic N) is 3. The summed E-state index contributed by atoms with van der Waals surface area (Å²) in [6.45, 7) is 2.03. The van der Waals surface area contributed by atoms with Crippen molar-refractivity contribution in [2.75, 3.05) is 7.05 Å². The molecule has 1 radical (unpaired) electrons. The molecule has 0 fully saturated rings. The van der Waals surface area contributed by atoms with Crippen molar-refractivity contribution in [2.24, 2.45) is 0 Å². The fraction of sp³-hybridized carbons (Fsp3) is 0.0625. The van der Waals surface area contributed by atoms with Crippen molar-refractivity contribution in [3.63, 3.8) is 0 Å². The molecule has 3 nitrogen and oxygen atoms in total. The zero-order chi connectivity index (χ0) is 24.5. The molecule has 0 unspecified atom stereocenters. The molecular weight excluding hydrogens is 651 g/mol. The predicted octanol–water partition coefficient (Wildman–Crippen LogP) is 8.01. The number of hydrogen-bond acceptors (Lipinski definition) is 2. The molecule has 0 amide bonds. The minimum Gasteiger partial charge on any atom is -0.304 e. The van der Waals surface area contributed by atoms with Crippen LogP contribution in [0.2, 0.25) is 0 Å². The van der Waals surface area contributed by atoms with Crippen molar-refractivity contribution in [3.8, 4) is 11.3 Å². The van der Waals surface area contributed by atoms with Gasteiger partial charge in [0.1, 0.15) is 5.69 Å². The van der Waals surface area contributed by atoms with Crippen LogP contribution in [0.3, 0.4) is 0 Å². The van der Waals surface area contributed by atoms with Gasteiger partial charge in [-0.15, -0.1) is 47.3 Å². The van der Waals surface area contributed by atoms with Crippen molar-refractivity contribution in [1.29, 1.82) is 0 Å². The summed E-state index contributed by atoms with van der Waals surface area (Å²) in [6.07, 6.45) is 1.87. The second-order valence-corrected chi connectivity index (χ2v) is 9.76. The van der Waals surface area contributed by atoms with E-state index in [1.165, 1.54) is 25.7 Å². The minimum atomic E-state index is 0. The first kappa shape index (κ1) is 25.0. The Kier molecular flexibility index (Phi) is 7.23. The topological polar surface area (TPSA) is 18.9 Å². The molecule has 0 spiro atoms. The molecule has 4 aromatic carbocycles. The van der Waals surface area contributed by atoms with Gasteiger partial charge >= 0.3 is 6.01 Å². The number of fused-ring (bicyclic) bond motifs is 4. The number of pyridine rings is 1. The maximum atomic E-state index is 4.32. The van der Waals surface area contributed by atoms with E-state index >= 15 is 0 Å². The van der Waals surface area contributed by atoms with Gasteiger partial charge in [0.15, 0.2) is 7.05 Å². The number of benzene rings is 4. The van der Waals surface area contributed by atoms with Crippen LogP contribution in [0.15, 0.2) is 103 Å². The average Bonchev–Trinajstić information content (AvgIpc) is 3.47. The Bertz CT molecular complexity index is 1780. The molecule has 0 atom stereocenters. The van der Waals surface area contributed by atoms with Crippen molar-refractivity contribution < 1.29 is 24.7 Å². The molecule has 7 rings (SSSR count). The monoisotopic (exact) mass is 674 g/mol. The third kappa shape index (κ3) is 4.96. The Morgan fingerprint density at radius 3 is 2.38 bits per heavy atom. The molecule has 181 valence electrons. The van der Waals surface area contributed by atoms with Crippen LogP contribution in [-0.4, -0.2) is 22.6 Å². The van der Waals surface area contributed by atoms with E-state index in [1.54, 1.807) is 0 Å². The Morgan fingerprint density at radius 1 is 0.811 bits per heavy atom. The third-order valence-corrected chi connectivity index (χ3v) is 7.30. The van der Waals surface area contributed by atoms with Gasteiger partial charge in [-0.2, -0.15) is 17.4 Å². The molecule has 0 bridgehead atoms. The zero-order valence-electron chi connectivity index (χ0n) is 20.4. The van der Waals surface area contributed by atoms with Crippen LogP contribution >= 0.6 is 11.3 Å². The summed E-state index contributed by atoms with van der Waals surface area (Å²) in [6, 6.07) is 43.1. The molecule has 6 aromatic rings. The van der Waals surface area contributed by atoms with Gasteiger partial charge in [0, 0.05) is 43.1 Å². The Hall–Kier alpha value is -3.72. The molecule has 3 heterocycles. The van der Waals surface area contributed by atoms with Crippen LogP contribution in [0.4, 0.5) is 17.1 Å². The molecule has 5 heteroatoms. The van der Waals surface area contributed by atoms with Gasteiger partial charge in [-0.25, -0.2) is 0 Å². The molecule has 2 aromatic heterocycles. The Labute approximate surface area is 234 Å². The number of hydrogen-bond donors (Lipinski definition) is 0. The third-order valence-electron chi connectivity index (χ3n) is 6.17. The number of rotatable bonds is 2. The summed E-state index contributed by atoms with van der Waals surface area (Å²) < 4.78 is 6.71. The smallest absolute Gasteiger partial charge is 0.304 e. The van der Waals surface area contributed by atoms with E-state index < -0.39 is 0 Å². The Balaban J connectivity index is 0.000000172. The summed E-state index contributed by atoms with van der Waals surface area (Å²) in [7, 11) is 2.02. The molecule has 1 aliphatic heterocycles. The zero-order valence-corrected chi connectivity index (χ0v) is 23.6. The fourth-order valence-electron chi connectivity index (χ4n) is 4.34. The first-order valence-corrected chi connectivity index (χ1v) is 12.6.